The average molecular weight is 478 g/mol. The highest BCUT2D eigenvalue weighted by atomic mass is 32.2. The van der Waals surface area contributed by atoms with Crippen LogP contribution in [0.1, 0.15) is 49.8 Å². The van der Waals surface area contributed by atoms with Gasteiger partial charge in [-0.3, -0.25) is 19.1 Å². The van der Waals surface area contributed by atoms with Gasteiger partial charge in [-0.05, 0) is 62.3 Å². The van der Waals surface area contributed by atoms with Crippen LogP contribution in [-0.2, 0) is 11.3 Å². The zero-order chi connectivity index (χ0) is 24.1. The Morgan fingerprint density at radius 3 is 2.29 bits per heavy atom. The van der Waals surface area contributed by atoms with Crippen molar-refractivity contribution in [2.75, 3.05) is 24.2 Å². The van der Waals surface area contributed by atoms with Crippen molar-refractivity contribution in [3.05, 3.63) is 66.0 Å². The number of ketones is 1. The minimum Gasteiger partial charge on any atom is -0.326 e. The molecule has 1 amide bonds. The number of carbonyl (C=O) groups is 2. The van der Waals surface area contributed by atoms with Crippen LogP contribution in [-0.4, -0.2) is 50.2 Å². The third-order valence-corrected chi connectivity index (χ3v) is 6.69. The van der Waals surface area contributed by atoms with E-state index in [0.29, 0.717) is 16.4 Å². The number of anilines is 1. The van der Waals surface area contributed by atoms with Gasteiger partial charge >= 0.3 is 0 Å². The van der Waals surface area contributed by atoms with E-state index in [2.05, 4.69) is 25.0 Å². The molecule has 1 saturated heterocycles. The molecule has 0 unspecified atom stereocenters. The molecule has 0 spiro atoms. The van der Waals surface area contributed by atoms with Gasteiger partial charge in [-0.15, -0.1) is 10.2 Å². The lowest BCUT2D eigenvalue weighted by Gasteiger charge is -2.17. The van der Waals surface area contributed by atoms with Crippen molar-refractivity contribution in [2.45, 2.75) is 45.3 Å². The van der Waals surface area contributed by atoms with Crippen LogP contribution in [0.25, 0.3) is 5.69 Å². The third-order valence-electron chi connectivity index (χ3n) is 5.76. The molecule has 34 heavy (non-hydrogen) atoms. The molecule has 0 radical (unpaired) electrons. The van der Waals surface area contributed by atoms with Gasteiger partial charge < -0.3 is 5.32 Å². The second-order valence-corrected chi connectivity index (χ2v) is 10.5. The minimum atomic E-state index is -0.479. The Morgan fingerprint density at radius 1 is 0.971 bits per heavy atom. The third kappa shape index (κ3) is 5.93. The van der Waals surface area contributed by atoms with Gasteiger partial charge in [0.15, 0.2) is 16.8 Å². The summed E-state index contributed by atoms with van der Waals surface area (Å²) < 4.78 is 2.06. The van der Waals surface area contributed by atoms with Crippen molar-refractivity contribution >= 4 is 29.1 Å². The Balaban J connectivity index is 1.45. The zero-order valence-electron chi connectivity index (χ0n) is 20.0. The van der Waals surface area contributed by atoms with Crippen LogP contribution in [0.2, 0.25) is 0 Å². The SMILES string of the molecule is CC(C)(C)C(=O)Nc1ccc(C(=O)CSc2nnc(CN3CCCC3)n2-c2ccccc2)cc1. The first kappa shape index (κ1) is 24.2. The van der Waals surface area contributed by atoms with E-state index in [0.717, 1.165) is 31.1 Å². The molecule has 3 aromatic rings. The Labute approximate surface area is 205 Å². The number of likely N-dealkylation sites (tertiary alicyclic amines) is 1. The van der Waals surface area contributed by atoms with Crippen LogP contribution >= 0.6 is 11.8 Å². The van der Waals surface area contributed by atoms with Crippen LogP contribution < -0.4 is 5.32 Å². The summed E-state index contributed by atoms with van der Waals surface area (Å²) in [6.45, 7) is 8.49. The fourth-order valence-corrected chi connectivity index (χ4v) is 4.61. The number of nitrogens with one attached hydrogen (secondary N) is 1. The lowest BCUT2D eigenvalue weighted by molar-refractivity contribution is -0.123. The van der Waals surface area contributed by atoms with Crippen molar-refractivity contribution in [3.63, 3.8) is 0 Å². The van der Waals surface area contributed by atoms with Crippen molar-refractivity contribution in [2.24, 2.45) is 5.41 Å². The minimum absolute atomic E-state index is 0.00222. The summed E-state index contributed by atoms with van der Waals surface area (Å²) in [6, 6.07) is 17.1. The van der Waals surface area contributed by atoms with Crippen LogP contribution in [0.4, 0.5) is 5.69 Å². The van der Waals surface area contributed by atoms with Gasteiger partial charge in [-0.1, -0.05) is 50.7 Å². The van der Waals surface area contributed by atoms with E-state index in [1.165, 1.54) is 24.6 Å². The van der Waals surface area contributed by atoms with Crippen LogP contribution in [0.3, 0.4) is 0 Å². The number of carbonyl (C=O) groups excluding carboxylic acids is 2. The highest BCUT2D eigenvalue weighted by Gasteiger charge is 2.22. The van der Waals surface area contributed by atoms with E-state index in [1.54, 1.807) is 24.3 Å². The number of aromatic nitrogens is 3. The smallest absolute Gasteiger partial charge is 0.229 e. The lowest BCUT2D eigenvalue weighted by Crippen LogP contribution is -2.27. The summed E-state index contributed by atoms with van der Waals surface area (Å²) >= 11 is 1.39. The van der Waals surface area contributed by atoms with Gasteiger partial charge in [-0.25, -0.2) is 0 Å². The van der Waals surface area contributed by atoms with Crippen molar-refractivity contribution < 1.29 is 9.59 Å². The molecule has 2 heterocycles. The maximum Gasteiger partial charge on any atom is 0.229 e. The van der Waals surface area contributed by atoms with E-state index in [-0.39, 0.29) is 17.4 Å². The number of Topliss-reactive ketones (excluding diaryl/α,β-unsaturated/α-hetero) is 1. The summed E-state index contributed by atoms with van der Waals surface area (Å²) in [5, 5.41) is 12.5. The standard InChI is InChI=1S/C26H31N5O2S/c1-26(2,3)24(33)27-20-13-11-19(12-14-20)22(32)18-34-25-29-28-23(17-30-15-7-8-16-30)31(25)21-9-5-4-6-10-21/h4-6,9-14H,7-8,15-18H2,1-3H3,(H,27,33). The molecule has 8 heteroatoms. The van der Waals surface area contributed by atoms with E-state index in [4.69, 9.17) is 0 Å². The largest absolute Gasteiger partial charge is 0.326 e. The van der Waals surface area contributed by atoms with Crippen LogP contribution in [0, 0.1) is 5.41 Å². The molecule has 0 atom stereocenters. The monoisotopic (exact) mass is 477 g/mol. The number of benzene rings is 2. The summed E-state index contributed by atoms with van der Waals surface area (Å²) in [5.74, 6) is 1.08. The molecule has 7 nitrogen and oxygen atoms in total. The molecule has 4 rings (SSSR count). The Morgan fingerprint density at radius 2 is 1.65 bits per heavy atom. The maximum atomic E-state index is 12.9. The fraction of sp³-hybridized carbons (Fsp3) is 0.385. The average Bonchev–Trinajstić information content (AvgIpc) is 3.48. The number of hydrogen-bond acceptors (Lipinski definition) is 6. The van der Waals surface area contributed by atoms with E-state index >= 15 is 0 Å². The molecule has 1 fully saturated rings. The molecule has 0 saturated carbocycles. The first-order valence-electron chi connectivity index (χ1n) is 11.6. The topological polar surface area (TPSA) is 80.1 Å². The molecule has 1 N–H and O–H groups in total. The van der Waals surface area contributed by atoms with Crippen LogP contribution in [0.15, 0.2) is 59.8 Å². The molecular formula is C26H31N5O2S. The van der Waals surface area contributed by atoms with E-state index < -0.39 is 5.41 Å². The molecule has 0 bridgehead atoms. The predicted molar refractivity (Wildman–Crippen MR) is 135 cm³/mol. The molecule has 0 aliphatic carbocycles. The van der Waals surface area contributed by atoms with Gasteiger partial charge in [0.25, 0.3) is 0 Å². The van der Waals surface area contributed by atoms with Crippen molar-refractivity contribution in [1.82, 2.24) is 19.7 Å². The molecule has 1 aliphatic rings. The van der Waals surface area contributed by atoms with E-state index in [1.807, 2.05) is 51.1 Å². The number of amides is 1. The maximum absolute atomic E-state index is 12.9. The summed E-state index contributed by atoms with van der Waals surface area (Å²) in [7, 11) is 0. The summed E-state index contributed by atoms with van der Waals surface area (Å²) in [4.78, 5) is 27.4. The molecule has 2 aromatic carbocycles. The van der Waals surface area contributed by atoms with Gasteiger partial charge in [0.1, 0.15) is 0 Å². The highest BCUT2D eigenvalue weighted by molar-refractivity contribution is 7.99. The fourth-order valence-electron chi connectivity index (χ4n) is 3.74. The quantitative estimate of drug-likeness (QED) is 0.370. The molecule has 1 aromatic heterocycles. The van der Waals surface area contributed by atoms with E-state index in [9.17, 15) is 9.59 Å². The number of thioether (sulfide) groups is 1. The Kier molecular flexibility index (Phi) is 7.48. The second-order valence-electron chi connectivity index (χ2n) is 9.55. The van der Waals surface area contributed by atoms with Crippen LogP contribution in [0.5, 0.6) is 0 Å². The van der Waals surface area contributed by atoms with Crippen molar-refractivity contribution in [3.8, 4) is 5.69 Å². The molecule has 1 aliphatic heterocycles. The Hall–Kier alpha value is -2.97. The van der Waals surface area contributed by atoms with Crippen molar-refractivity contribution in [1.29, 1.82) is 0 Å². The predicted octanol–water partition coefficient (Wildman–Crippen LogP) is 4.82. The lowest BCUT2D eigenvalue weighted by atomic mass is 9.95. The zero-order valence-corrected chi connectivity index (χ0v) is 20.8. The highest BCUT2D eigenvalue weighted by Crippen LogP contribution is 2.25. The number of nitrogens with zero attached hydrogens (tertiary/aromatic N) is 4. The summed E-state index contributed by atoms with van der Waals surface area (Å²) in [5.41, 5.74) is 1.80. The first-order valence-corrected chi connectivity index (χ1v) is 12.6. The Bertz CT molecular complexity index is 1130. The molecular weight excluding hydrogens is 446 g/mol. The first-order chi connectivity index (χ1) is 16.3. The second kappa shape index (κ2) is 10.5. The normalized spacial score (nSPS) is 14.3. The van der Waals surface area contributed by atoms with Gasteiger partial charge in [0.2, 0.25) is 5.91 Å². The summed E-state index contributed by atoms with van der Waals surface area (Å²) in [6.07, 6.45) is 2.43. The van der Waals surface area contributed by atoms with Gasteiger partial charge in [0, 0.05) is 22.4 Å². The number of para-hydroxylation sites is 1. The van der Waals surface area contributed by atoms with Gasteiger partial charge in [-0.2, -0.15) is 0 Å². The number of hydrogen-bond donors (Lipinski definition) is 1. The molecule has 178 valence electrons. The van der Waals surface area contributed by atoms with Gasteiger partial charge in [0.05, 0.1) is 12.3 Å². The number of rotatable bonds is 8.